The first kappa shape index (κ1) is 11.1. The number of nitrogens with zero attached hydrogens (tertiary/aromatic N) is 3. The van der Waals surface area contributed by atoms with E-state index in [0.717, 1.165) is 19.5 Å². The smallest absolute Gasteiger partial charge is 0.226 e. The van der Waals surface area contributed by atoms with Crippen molar-refractivity contribution in [3.63, 3.8) is 0 Å². The van der Waals surface area contributed by atoms with Gasteiger partial charge in [-0.1, -0.05) is 0 Å². The minimum absolute atomic E-state index is 0.446. The molecule has 1 aromatic rings. The molecule has 5 nitrogen and oxygen atoms in total. The van der Waals surface area contributed by atoms with Crippen LogP contribution in [0.3, 0.4) is 0 Å². The van der Waals surface area contributed by atoms with Crippen molar-refractivity contribution in [2.45, 2.75) is 19.4 Å². The number of anilines is 1. The van der Waals surface area contributed by atoms with E-state index in [1.165, 1.54) is 0 Å². The molecule has 1 saturated heterocycles. The van der Waals surface area contributed by atoms with E-state index in [0.29, 0.717) is 24.5 Å². The summed E-state index contributed by atoms with van der Waals surface area (Å²) in [6.45, 7) is 4.74. The summed E-state index contributed by atoms with van der Waals surface area (Å²) in [5, 5.41) is 3.33. The highest BCUT2D eigenvalue weighted by Gasteiger charge is 2.19. The van der Waals surface area contributed by atoms with Gasteiger partial charge in [0.1, 0.15) is 0 Å². The topological polar surface area (TPSA) is 50.3 Å². The van der Waals surface area contributed by atoms with Crippen molar-refractivity contribution in [2.24, 2.45) is 0 Å². The van der Waals surface area contributed by atoms with Crippen molar-refractivity contribution in [1.29, 1.82) is 0 Å². The third-order valence-electron chi connectivity index (χ3n) is 2.65. The molecule has 0 aromatic carbocycles. The van der Waals surface area contributed by atoms with Crippen LogP contribution in [-0.4, -0.2) is 47.7 Å². The standard InChI is InChI=1S/C11H18N4O/c1-3-16-10-4-6-12-11(14-10)13-9-5-7-15(2)8-9/h4,6,9H,3,5,7-8H2,1-2H3,(H,12,13,14). The molecule has 1 aliphatic heterocycles. The second-order valence-electron chi connectivity index (χ2n) is 4.04. The molecule has 0 amide bonds. The number of aromatic nitrogens is 2. The van der Waals surface area contributed by atoms with Crippen LogP contribution >= 0.6 is 0 Å². The molecule has 16 heavy (non-hydrogen) atoms. The summed E-state index contributed by atoms with van der Waals surface area (Å²) < 4.78 is 5.33. The fraction of sp³-hybridized carbons (Fsp3) is 0.636. The van der Waals surface area contributed by atoms with Crippen LogP contribution in [0.25, 0.3) is 0 Å². The molecule has 0 saturated carbocycles. The highest BCUT2D eigenvalue weighted by molar-refractivity contribution is 5.29. The lowest BCUT2D eigenvalue weighted by molar-refractivity contribution is 0.326. The van der Waals surface area contributed by atoms with Crippen LogP contribution in [0.2, 0.25) is 0 Å². The van der Waals surface area contributed by atoms with Gasteiger partial charge in [-0.2, -0.15) is 4.98 Å². The van der Waals surface area contributed by atoms with Gasteiger partial charge >= 0.3 is 0 Å². The van der Waals surface area contributed by atoms with Crippen LogP contribution in [0, 0.1) is 0 Å². The van der Waals surface area contributed by atoms with Crippen molar-refractivity contribution >= 4 is 5.95 Å². The molecule has 0 aliphatic carbocycles. The molecular weight excluding hydrogens is 204 g/mol. The molecule has 0 radical (unpaired) electrons. The van der Waals surface area contributed by atoms with Gasteiger partial charge in [-0.15, -0.1) is 0 Å². The fourth-order valence-electron chi connectivity index (χ4n) is 1.88. The number of likely N-dealkylation sites (N-methyl/N-ethyl adjacent to an activating group) is 1. The molecular formula is C11H18N4O. The van der Waals surface area contributed by atoms with Gasteiger partial charge in [-0.25, -0.2) is 4.98 Å². The second-order valence-corrected chi connectivity index (χ2v) is 4.04. The summed E-state index contributed by atoms with van der Waals surface area (Å²) in [7, 11) is 2.12. The minimum Gasteiger partial charge on any atom is -0.478 e. The Hall–Kier alpha value is -1.36. The summed E-state index contributed by atoms with van der Waals surface area (Å²) in [4.78, 5) is 10.8. The zero-order valence-corrected chi connectivity index (χ0v) is 9.81. The Morgan fingerprint density at radius 2 is 2.50 bits per heavy atom. The average molecular weight is 222 g/mol. The Morgan fingerprint density at radius 3 is 3.19 bits per heavy atom. The van der Waals surface area contributed by atoms with Crippen molar-refractivity contribution < 1.29 is 4.74 Å². The van der Waals surface area contributed by atoms with Gasteiger partial charge in [0.2, 0.25) is 11.8 Å². The van der Waals surface area contributed by atoms with Crippen LogP contribution < -0.4 is 10.1 Å². The van der Waals surface area contributed by atoms with Gasteiger partial charge in [0, 0.05) is 24.8 Å². The molecule has 1 N–H and O–H groups in total. The van der Waals surface area contributed by atoms with Crippen LogP contribution in [0.5, 0.6) is 5.88 Å². The van der Waals surface area contributed by atoms with Gasteiger partial charge < -0.3 is 15.0 Å². The average Bonchev–Trinajstić information content (AvgIpc) is 2.65. The van der Waals surface area contributed by atoms with Crippen LogP contribution in [-0.2, 0) is 0 Å². The molecule has 0 spiro atoms. The lowest BCUT2D eigenvalue weighted by Gasteiger charge is -2.12. The summed E-state index contributed by atoms with van der Waals surface area (Å²) in [5.41, 5.74) is 0. The summed E-state index contributed by atoms with van der Waals surface area (Å²) in [6, 6.07) is 2.22. The quantitative estimate of drug-likeness (QED) is 0.823. The van der Waals surface area contributed by atoms with E-state index >= 15 is 0 Å². The molecule has 1 fully saturated rings. The Balaban J connectivity index is 1.95. The Kier molecular flexibility index (Phi) is 3.56. The van der Waals surface area contributed by atoms with E-state index in [2.05, 4.69) is 27.2 Å². The fourth-order valence-corrected chi connectivity index (χ4v) is 1.88. The first-order valence-corrected chi connectivity index (χ1v) is 5.69. The molecule has 5 heteroatoms. The molecule has 2 heterocycles. The van der Waals surface area contributed by atoms with Crippen LogP contribution in [0.15, 0.2) is 12.3 Å². The van der Waals surface area contributed by atoms with Gasteiger partial charge in [0.25, 0.3) is 0 Å². The molecule has 1 unspecified atom stereocenters. The van der Waals surface area contributed by atoms with Gasteiger partial charge in [-0.05, 0) is 26.9 Å². The summed E-state index contributed by atoms with van der Waals surface area (Å²) in [5.74, 6) is 1.29. The van der Waals surface area contributed by atoms with Crippen molar-refractivity contribution in [3.8, 4) is 5.88 Å². The Labute approximate surface area is 95.8 Å². The molecule has 1 aliphatic rings. The minimum atomic E-state index is 0.446. The van der Waals surface area contributed by atoms with Crippen molar-refractivity contribution in [2.75, 3.05) is 32.1 Å². The molecule has 88 valence electrons. The third kappa shape index (κ3) is 2.82. The second kappa shape index (κ2) is 5.12. The lowest BCUT2D eigenvalue weighted by Crippen LogP contribution is -2.24. The normalized spacial score (nSPS) is 21.0. The summed E-state index contributed by atoms with van der Waals surface area (Å²) in [6.07, 6.45) is 2.86. The Bertz CT molecular complexity index is 345. The predicted molar refractivity (Wildman–Crippen MR) is 62.7 cm³/mol. The summed E-state index contributed by atoms with van der Waals surface area (Å²) >= 11 is 0. The molecule has 1 aromatic heterocycles. The maximum atomic E-state index is 5.33. The molecule has 2 rings (SSSR count). The predicted octanol–water partition coefficient (Wildman–Crippen LogP) is 0.991. The number of likely N-dealkylation sites (tertiary alicyclic amines) is 1. The first-order valence-electron chi connectivity index (χ1n) is 5.69. The SMILES string of the molecule is CCOc1ccnc(NC2CCN(C)C2)n1. The number of rotatable bonds is 4. The van der Waals surface area contributed by atoms with Crippen LogP contribution in [0.1, 0.15) is 13.3 Å². The van der Waals surface area contributed by atoms with Crippen molar-refractivity contribution in [3.05, 3.63) is 12.3 Å². The zero-order valence-electron chi connectivity index (χ0n) is 9.81. The highest BCUT2D eigenvalue weighted by Crippen LogP contribution is 2.13. The van der Waals surface area contributed by atoms with Crippen molar-refractivity contribution in [1.82, 2.24) is 14.9 Å². The molecule has 1 atom stereocenters. The van der Waals surface area contributed by atoms with Crippen LogP contribution in [0.4, 0.5) is 5.95 Å². The molecule has 0 bridgehead atoms. The third-order valence-corrected chi connectivity index (χ3v) is 2.65. The van der Waals surface area contributed by atoms with E-state index in [1.807, 2.05) is 6.92 Å². The number of nitrogens with one attached hydrogen (secondary N) is 1. The van der Waals surface area contributed by atoms with Gasteiger partial charge in [0.05, 0.1) is 6.61 Å². The monoisotopic (exact) mass is 222 g/mol. The number of ether oxygens (including phenoxy) is 1. The maximum Gasteiger partial charge on any atom is 0.226 e. The van der Waals surface area contributed by atoms with Gasteiger partial charge in [0.15, 0.2) is 0 Å². The van der Waals surface area contributed by atoms with E-state index in [1.54, 1.807) is 12.3 Å². The van der Waals surface area contributed by atoms with E-state index in [9.17, 15) is 0 Å². The number of hydrogen-bond acceptors (Lipinski definition) is 5. The highest BCUT2D eigenvalue weighted by atomic mass is 16.5. The maximum absolute atomic E-state index is 5.33. The zero-order chi connectivity index (χ0) is 11.4. The largest absolute Gasteiger partial charge is 0.478 e. The number of hydrogen-bond donors (Lipinski definition) is 1. The van der Waals surface area contributed by atoms with E-state index in [4.69, 9.17) is 4.74 Å². The van der Waals surface area contributed by atoms with E-state index < -0.39 is 0 Å². The van der Waals surface area contributed by atoms with E-state index in [-0.39, 0.29) is 0 Å². The first-order chi connectivity index (χ1) is 7.78. The Morgan fingerprint density at radius 1 is 1.62 bits per heavy atom. The van der Waals surface area contributed by atoms with Gasteiger partial charge in [-0.3, -0.25) is 0 Å². The lowest BCUT2D eigenvalue weighted by atomic mass is 10.3.